The Kier molecular flexibility index (Phi) is 5.02. The van der Waals surface area contributed by atoms with Crippen LogP contribution in [0.1, 0.15) is 26.2 Å². The second-order valence-corrected chi connectivity index (χ2v) is 6.33. The van der Waals surface area contributed by atoms with Crippen LogP contribution in [0.25, 0.3) is 0 Å². The van der Waals surface area contributed by atoms with Gasteiger partial charge in [0.2, 0.25) is 10.0 Å². The first kappa shape index (κ1) is 12.9. The van der Waals surface area contributed by atoms with Crippen molar-refractivity contribution in [2.24, 2.45) is 5.92 Å². The smallest absolute Gasteiger partial charge is 0.214 e. The summed E-state index contributed by atoms with van der Waals surface area (Å²) in [5, 5.41) is 3.12. The molecular weight excluding hydrogens is 212 g/mol. The van der Waals surface area contributed by atoms with E-state index >= 15 is 0 Å². The monoisotopic (exact) mass is 234 g/mol. The topological polar surface area (TPSA) is 49.4 Å². The number of nitrogens with one attached hydrogen (secondary N) is 1. The molecule has 0 aromatic carbocycles. The van der Waals surface area contributed by atoms with Crippen molar-refractivity contribution in [2.45, 2.75) is 26.2 Å². The van der Waals surface area contributed by atoms with Crippen LogP contribution in [-0.4, -0.2) is 45.2 Å². The lowest BCUT2D eigenvalue weighted by Crippen LogP contribution is -2.43. The molecule has 15 heavy (non-hydrogen) atoms. The van der Waals surface area contributed by atoms with E-state index in [0.29, 0.717) is 31.2 Å². The first-order chi connectivity index (χ1) is 7.10. The SMILES string of the molecule is CCCS(=O)(=O)N1CCCC(CNC)C1. The molecule has 0 aromatic rings. The number of sulfonamides is 1. The van der Waals surface area contributed by atoms with Crippen molar-refractivity contribution in [1.82, 2.24) is 9.62 Å². The Morgan fingerprint density at radius 3 is 2.80 bits per heavy atom. The molecule has 0 bridgehead atoms. The summed E-state index contributed by atoms with van der Waals surface area (Å²) in [6.45, 7) is 4.23. The van der Waals surface area contributed by atoms with Crippen molar-refractivity contribution >= 4 is 10.0 Å². The first-order valence-corrected chi connectivity index (χ1v) is 7.33. The van der Waals surface area contributed by atoms with Crippen LogP contribution in [0.2, 0.25) is 0 Å². The molecule has 1 N–H and O–H groups in total. The first-order valence-electron chi connectivity index (χ1n) is 5.72. The molecule has 1 saturated heterocycles. The zero-order chi connectivity index (χ0) is 11.3. The molecule has 1 aliphatic heterocycles. The van der Waals surface area contributed by atoms with E-state index in [-0.39, 0.29) is 0 Å². The van der Waals surface area contributed by atoms with Gasteiger partial charge < -0.3 is 5.32 Å². The highest BCUT2D eigenvalue weighted by Gasteiger charge is 2.27. The Morgan fingerprint density at radius 1 is 1.47 bits per heavy atom. The molecule has 0 spiro atoms. The minimum Gasteiger partial charge on any atom is -0.319 e. The Bertz CT molecular complexity index is 275. The van der Waals surface area contributed by atoms with Gasteiger partial charge in [-0.3, -0.25) is 0 Å². The zero-order valence-corrected chi connectivity index (χ0v) is 10.5. The normalized spacial score (nSPS) is 24.3. The summed E-state index contributed by atoms with van der Waals surface area (Å²) in [4.78, 5) is 0. The lowest BCUT2D eigenvalue weighted by Gasteiger charge is -2.31. The number of rotatable bonds is 5. The van der Waals surface area contributed by atoms with Gasteiger partial charge in [0.1, 0.15) is 0 Å². The van der Waals surface area contributed by atoms with E-state index in [9.17, 15) is 8.42 Å². The summed E-state index contributed by atoms with van der Waals surface area (Å²) in [6, 6.07) is 0. The Hall–Kier alpha value is -0.130. The van der Waals surface area contributed by atoms with Gasteiger partial charge in [0.05, 0.1) is 5.75 Å². The fourth-order valence-electron chi connectivity index (χ4n) is 2.12. The predicted molar refractivity (Wildman–Crippen MR) is 62.3 cm³/mol. The van der Waals surface area contributed by atoms with Crippen LogP contribution in [0.3, 0.4) is 0 Å². The molecule has 0 radical (unpaired) electrons. The largest absolute Gasteiger partial charge is 0.319 e. The summed E-state index contributed by atoms with van der Waals surface area (Å²) in [7, 11) is -1.06. The highest BCUT2D eigenvalue weighted by Crippen LogP contribution is 2.19. The zero-order valence-electron chi connectivity index (χ0n) is 9.70. The van der Waals surface area contributed by atoms with E-state index in [1.165, 1.54) is 0 Å². The van der Waals surface area contributed by atoms with E-state index in [4.69, 9.17) is 0 Å². The molecule has 1 fully saturated rings. The summed E-state index contributed by atoms with van der Waals surface area (Å²) >= 11 is 0. The van der Waals surface area contributed by atoms with Gasteiger partial charge in [-0.15, -0.1) is 0 Å². The van der Waals surface area contributed by atoms with Crippen LogP contribution < -0.4 is 5.32 Å². The second kappa shape index (κ2) is 5.82. The lowest BCUT2D eigenvalue weighted by molar-refractivity contribution is 0.263. The molecule has 1 rings (SSSR count). The minimum atomic E-state index is -2.98. The van der Waals surface area contributed by atoms with Crippen LogP contribution in [0.15, 0.2) is 0 Å². The highest BCUT2D eigenvalue weighted by molar-refractivity contribution is 7.89. The summed E-state index contributed by atoms with van der Waals surface area (Å²) in [6.07, 6.45) is 2.84. The van der Waals surface area contributed by atoms with Crippen molar-refractivity contribution < 1.29 is 8.42 Å². The average molecular weight is 234 g/mol. The summed E-state index contributed by atoms with van der Waals surface area (Å²) < 4.78 is 25.4. The van der Waals surface area contributed by atoms with Crippen molar-refractivity contribution in [3.05, 3.63) is 0 Å². The maximum atomic E-state index is 11.8. The molecule has 0 saturated carbocycles. The molecule has 1 unspecified atom stereocenters. The van der Waals surface area contributed by atoms with Crippen molar-refractivity contribution in [1.29, 1.82) is 0 Å². The van der Waals surface area contributed by atoms with Gasteiger partial charge in [-0.25, -0.2) is 12.7 Å². The van der Waals surface area contributed by atoms with E-state index in [0.717, 1.165) is 19.4 Å². The molecule has 0 amide bonds. The Labute approximate surface area is 93.1 Å². The maximum absolute atomic E-state index is 11.8. The van der Waals surface area contributed by atoms with Crippen LogP contribution in [-0.2, 0) is 10.0 Å². The van der Waals surface area contributed by atoms with Gasteiger partial charge in [-0.1, -0.05) is 6.92 Å². The molecule has 0 aromatic heterocycles. The summed E-state index contributed by atoms with van der Waals surface area (Å²) in [5.41, 5.74) is 0. The third-order valence-electron chi connectivity index (χ3n) is 2.83. The Balaban J connectivity index is 2.55. The number of hydrogen-bond donors (Lipinski definition) is 1. The van der Waals surface area contributed by atoms with E-state index < -0.39 is 10.0 Å². The third-order valence-corrected chi connectivity index (χ3v) is 4.87. The molecule has 0 aliphatic carbocycles. The van der Waals surface area contributed by atoms with E-state index in [1.807, 2.05) is 14.0 Å². The summed E-state index contributed by atoms with van der Waals surface area (Å²) in [5.74, 6) is 0.773. The minimum absolute atomic E-state index is 0.291. The van der Waals surface area contributed by atoms with Gasteiger partial charge in [-0.05, 0) is 38.8 Å². The Morgan fingerprint density at radius 2 is 2.20 bits per heavy atom. The highest BCUT2D eigenvalue weighted by atomic mass is 32.2. The van der Waals surface area contributed by atoms with Gasteiger partial charge in [0.25, 0.3) is 0 Å². The maximum Gasteiger partial charge on any atom is 0.214 e. The molecule has 1 heterocycles. The van der Waals surface area contributed by atoms with Gasteiger partial charge in [0.15, 0.2) is 0 Å². The van der Waals surface area contributed by atoms with Crippen LogP contribution in [0.5, 0.6) is 0 Å². The van der Waals surface area contributed by atoms with Gasteiger partial charge in [-0.2, -0.15) is 0 Å². The van der Waals surface area contributed by atoms with E-state index in [2.05, 4.69) is 5.32 Å². The molecule has 1 atom stereocenters. The van der Waals surface area contributed by atoms with Crippen molar-refractivity contribution in [2.75, 3.05) is 32.4 Å². The second-order valence-electron chi connectivity index (χ2n) is 4.24. The molecule has 90 valence electrons. The average Bonchev–Trinajstić information content (AvgIpc) is 2.19. The quantitative estimate of drug-likeness (QED) is 0.760. The molecule has 4 nitrogen and oxygen atoms in total. The van der Waals surface area contributed by atoms with E-state index in [1.54, 1.807) is 4.31 Å². The van der Waals surface area contributed by atoms with Crippen molar-refractivity contribution in [3.8, 4) is 0 Å². The number of hydrogen-bond acceptors (Lipinski definition) is 3. The predicted octanol–water partition coefficient (Wildman–Crippen LogP) is 0.658. The molecule has 1 aliphatic rings. The van der Waals surface area contributed by atoms with Crippen LogP contribution in [0, 0.1) is 5.92 Å². The van der Waals surface area contributed by atoms with Crippen LogP contribution >= 0.6 is 0 Å². The van der Waals surface area contributed by atoms with Gasteiger partial charge in [0, 0.05) is 13.1 Å². The third kappa shape index (κ3) is 3.74. The lowest BCUT2D eigenvalue weighted by atomic mass is 10.00. The number of piperidine rings is 1. The molecular formula is C10H22N2O2S. The van der Waals surface area contributed by atoms with Crippen LogP contribution in [0.4, 0.5) is 0 Å². The van der Waals surface area contributed by atoms with Crippen molar-refractivity contribution in [3.63, 3.8) is 0 Å². The fraction of sp³-hybridized carbons (Fsp3) is 1.00. The molecule has 5 heteroatoms. The fourth-order valence-corrected chi connectivity index (χ4v) is 3.74. The number of nitrogens with zero attached hydrogens (tertiary/aromatic N) is 1. The van der Waals surface area contributed by atoms with Gasteiger partial charge >= 0.3 is 0 Å². The standard InChI is InChI=1S/C10H22N2O2S/c1-3-7-15(13,14)12-6-4-5-10(9-12)8-11-2/h10-11H,3-9H2,1-2H3.